The summed E-state index contributed by atoms with van der Waals surface area (Å²) in [5, 5.41) is 0. The van der Waals surface area contributed by atoms with Gasteiger partial charge in [-0.1, -0.05) is 36.4 Å². The Morgan fingerprint density at radius 2 is 1.67 bits per heavy atom. The van der Waals surface area contributed by atoms with Crippen molar-refractivity contribution >= 4 is 23.2 Å². The van der Waals surface area contributed by atoms with E-state index in [1.165, 1.54) is 4.90 Å². The molecule has 0 saturated heterocycles. The van der Waals surface area contributed by atoms with Crippen LogP contribution in [0.2, 0.25) is 0 Å². The lowest BCUT2D eigenvalue weighted by molar-refractivity contribution is -0.118. The molecule has 0 fully saturated rings. The van der Waals surface area contributed by atoms with Gasteiger partial charge in [0.15, 0.2) is 0 Å². The maximum absolute atomic E-state index is 12.1. The second kappa shape index (κ2) is 5.05. The summed E-state index contributed by atoms with van der Waals surface area (Å²) in [6.45, 7) is 1.59. The van der Waals surface area contributed by atoms with Crippen molar-refractivity contribution in [1.29, 1.82) is 0 Å². The molecule has 2 aromatic carbocycles. The molecule has 4 nitrogen and oxygen atoms in total. The molecule has 2 amide bonds. The predicted molar refractivity (Wildman–Crippen MR) is 81.7 cm³/mol. The highest BCUT2D eigenvalue weighted by Gasteiger charge is 2.30. The topological polar surface area (TPSA) is 63.4 Å². The summed E-state index contributed by atoms with van der Waals surface area (Å²) in [6, 6.07) is 14.5. The molecule has 21 heavy (non-hydrogen) atoms. The van der Waals surface area contributed by atoms with E-state index < -0.39 is 6.03 Å². The zero-order valence-electron chi connectivity index (χ0n) is 11.7. The van der Waals surface area contributed by atoms with E-state index in [1.807, 2.05) is 48.5 Å². The number of nitrogens with zero attached hydrogens (tertiary/aromatic N) is 1. The van der Waals surface area contributed by atoms with Gasteiger partial charge in [-0.25, -0.2) is 4.79 Å². The lowest BCUT2D eigenvalue weighted by atomic mass is 9.89. The van der Waals surface area contributed by atoms with Crippen LogP contribution in [0.3, 0.4) is 0 Å². The summed E-state index contributed by atoms with van der Waals surface area (Å²) in [5.41, 5.74) is 8.83. The summed E-state index contributed by atoms with van der Waals surface area (Å²) in [4.78, 5) is 25.5. The lowest BCUT2D eigenvalue weighted by Crippen LogP contribution is -2.32. The number of para-hydroxylation sites is 2. The fourth-order valence-corrected chi connectivity index (χ4v) is 2.95. The average molecular weight is 280 g/mol. The number of fused-ring (bicyclic) bond motifs is 2. The number of rotatable bonds is 1. The van der Waals surface area contributed by atoms with Crippen molar-refractivity contribution in [1.82, 2.24) is 0 Å². The smallest absolute Gasteiger partial charge is 0.323 e. The van der Waals surface area contributed by atoms with Crippen molar-refractivity contribution in [2.24, 2.45) is 5.73 Å². The lowest BCUT2D eigenvalue weighted by Gasteiger charge is -2.23. The van der Waals surface area contributed by atoms with E-state index >= 15 is 0 Å². The SMILES string of the molecule is CC(=O)[C@H]1Cc2ccccc2N(C(N)=O)c2ccccc21. The van der Waals surface area contributed by atoms with E-state index in [2.05, 4.69) is 0 Å². The fourth-order valence-electron chi connectivity index (χ4n) is 2.95. The number of carbonyl (C=O) groups is 2. The second-order valence-corrected chi connectivity index (χ2v) is 5.23. The van der Waals surface area contributed by atoms with E-state index in [0.717, 1.165) is 16.8 Å². The molecule has 2 N–H and O–H groups in total. The molecule has 1 aliphatic heterocycles. The monoisotopic (exact) mass is 280 g/mol. The number of carbonyl (C=O) groups excluding carboxylic acids is 2. The van der Waals surface area contributed by atoms with Crippen molar-refractivity contribution < 1.29 is 9.59 Å². The molecule has 4 heteroatoms. The van der Waals surface area contributed by atoms with Gasteiger partial charge < -0.3 is 5.73 Å². The Hall–Kier alpha value is -2.62. The van der Waals surface area contributed by atoms with Gasteiger partial charge in [0.1, 0.15) is 5.78 Å². The maximum atomic E-state index is 12.1. The molecule has 106 valence electrons. The predicted octanol–water partition coefficient (Wildman–Crippen LogP) is 3.13. The van der Waals surface area contributed by atoms with Crippen LogP contribution in [-0.2, 0) is 11.2 Å². The van der Waals surface area contributed by atoms with Gasteiger partial charge in [0.05, 0.1) is 11.4 Å². The highest BCUT2D eigenvalue weighted by Crippen LogP contribution is 2.40. The third kappa shape index (κ3) is 2.18. The van der Waals surface area contributed by atoms with Gasteiger partial charge in [-0.15, -0.1) is 0 Å². The number of hydrogen-bond acceptors (Lipinski definition) is 2. The molecular formula is C17H16N2O2. The Balaban J connectivity index is 2.31. The summed E-state index contributed by atoms with van der Waals surface area (Å²) < 4.78 is 0. The van der Waals surface area contributed by atoms with Crippen LogP contribution in [0.15, 0.2) is 48.5 Å². The van der Waals surface area contributed by atoms with Gasteiger partial charge in [0, 0.05) is 5.92 Å². The number of primary amides is 1. The zero-order chi connectivity index (χ0) is 15.0. The number of ketones is 1. The minimum absolute atomic E-state index is 0.0866. The standard InChI is InChI=1S/C17H16N2O2/c1-11(20)14-10-12-6-2-4-8-15(12)19(17(18)21)16-9-5-3-7-13(14)16/h2-9,14H,10H2,1H3,(H2,18,21)/t14-/m1/s1. The van der Waals surface area contributed by atoms with Crippen LogP contribution in [0.1, 0.15) is 24.0 Å². The number of hydrogen-bond donors (Lipinski definition) is 1. The summed E-state index contributed by atoms with van der Waals surface area (Å²) >= 11 is 0. The largest absolute Gasteiger partial charge is 0.351 e. The van der Waals surface area contributed by atoms with Crippen LogP contribution in [-0.4, -0.2) is 11.8 Å². The van der Waals surface area contributed by atoms with Crippen LogP contribution < -0.4 is 10.6 Å². The summed E-state index contributed by atoms with van der Waals surface area (Å²) in [7, 11) is 0. The van der Waals surface area contributed by atoms with Gasteiger partial charge in [-0.05, 0) is 36.6 Å². The molecule has 1 heterocycles. The van der Waals surface area contributed by atoms with Crippen LogP contribution >= 0.6 is 0 Å². The van der Waals surface area contributed by atoms with Crippen LogP contribution in [0.4, 0.5) is 16.2 Å². The fraction of sp³-hybridized carbons (Fsp3) is 0.176. The molecule has 0 unspecified atom stereocenters. The highest BCUT2D eigenvalue weighted by atomic mass is 16.2. The van der Waals surface area contributed by atoms with Gasteiger partial charge in [0.2, 0.25) is 0 Å². The molecule has 2 aromatic rings. The van der Waals surface area contributed by atoms with Crippen molar-refractivity contribution in [3.63, 3.8) is 0 Å². The van der Waals surface area contributed by atoms with Gasteiger partial charge >= 0.3 is 6.03 Å². The Kier molecular flexibility index (Phi) is 3.22. The molecule has 0 saturated carbocycles. The van der Waals surface area contributed by atoms with E-state index in [4.69, 9.17) is 5.73 Å². The molecule has 0 aromatic heterocycles. The Morgan fingerprint density at radius 1 is 1.05 bits per heavy atom. The average Bonchev–Trinajstić information content (AvgIpc) is 2.61. The minimum Gasteiger partial charge on any atom is -0.351 e. The van der Waals surface area contributed by atoms with Crippen molar-refractivity contribution in [2.75, 3.05) is 4.90 Å². The Labute approximate surface area is 123 Å². The number of urea groups is 1. The minimum atomic E-state index is -0.542. The van der Waals surface area contributed by atoms with Crippen LogP contribution in [0.25, 0.3) is 0 Å². The van der Waals surface area contributed by atoms with Crippen LogP contribution in [0.5, 0.6) is 0 Å². The highest BCUT2D eigenvalue weighted by molar-refractivity contribution is 6.02. The maximum Gasteiger partial charge on any atom is 0.323 e. The van der Waals surface area contributed by atoms with Crippen molar-refractivity contribution in [3.05, 3.63) is 59.7 Å². The number of nitrogens with two attached hydrogens (primary N) is 1. The van der Waals surface area contributed by atoms with Crippen LogP contribution in [0, 0.1) is 0 Å². The van der Waals surface area contributed by atoms with Crippen molar-refractivity contribution in [2.45, 2.75) is 19.3 Å². The summed E-state index contributed by atoms with van der Waals surface area (Å²) in [6.07, 6.45) is 0.576. The van der Waals surface area contributed by atoms with Crippen molar-refractivity contribution in [3.8, 4) is 0 Å². The number of anilines is 2. The third-order valence-corrected chi connectivity index (χ3v) is 3.92. The number of Topliss-reactive ketones (excluding diaryl/α,β-unsaturated/α-hetero) is 1. The zero-order valence-corrected chi connectivity index (χ0v) is 11.7. The number of benzene rings is 2. The van der Waals surface area contributed by atoms with E-state index in [0.29, 0.717) is 12.1 Å². The summed E-state index contributed by atoms with van der Waals surface area (Å²) in [5.74, 6) is -0.171. The molecule has 0 radical (unpaired) electrons. The first kappa shape index (κ1) is 13.4. The molecule has 1 atom stereocenters. The first-order valence-corrected chi connectivity index (χ1v) is 6.86. The molecule has 1 aliphatic rings. The normalized spacial score (nSPS) is 16.6. The van der Waals surface area contributed by atoms with E-state index in [1.54, 1.807) is 6.92 Å². The third-order valence-electron chi connectivity index (χ3n) is 3.92. The quantitative estimate of drug-likeness (QED) is 0.872. The van der Waals surface area contributed by atoms with Gasteiger partial charge in [0.25, 0.3) is 0 Å². The molecule has 0 spiro atoms. The molecule has 3 rings (SSSR count). The first-order chi connectivity index (χ1) is 10.1. The Bertz CT molecular complexity index is 724. The Morgan fingerprint density at radius 3 is 2.33 bits per heavy atom. The second-order valence-electron chi connectivity index (χ2n) is 5.23. The van der Waals surface area contributed by atoms with Gasteiger partial charge in [-0.2, -0.15) is 0 Å². The molecule has 0 aliphatic carbocycles. The molecule has 0 bridgehead atoms. The molecular weight excluding hydrogens is 264 g/mol. The first-order valence-electron chi connectivity index (χ1n) is 6.86. The van der Waals surface area contributed by atoms with E-state index in [9.17, 15) is 9.59 Å². The van der Waals surface area contributed by atoms with E-state index in [-0.39, 0.29) is 11.7 Å². The van der Waals surface area contributed by atoms with Gasteiger partial charge in [-0.3, -0.25) is 9.69 Å². The number of amides is 2.